The van der Waals surface area contributed by atoms with Crippen LogP contribution in [0.3, 0.4) is 0 Å². The highest BCUT2D eigenvalue weighted by Crippen LogP contribution is 2.40. The minimum atomic E-state index is 0.222. The number of amides is 1. The van der Waals surface area contributed by atoms with Crippen LogP contribution in [0.1, 0.15) is 38.5 Å². The minimum absolute atomic E-state index is 0.222. The average Bonchev–Trinajstić information content (AvgIpc) is 2.34. The maximum Gasteiger partial charge on any atom is 0.222 e. The lowest BCUT2D eigenvalue weighted by molar-refractivity contribution is -0.133. The molecule has 2 aliphatic rings. The van der Waals surface area contributed by atoms with Gasteiger partial charge in [-0.3, -0.25) is 4.79 Å². The van der Waals surface area contributed by atoms with Gasteiger partial charge in [-0.2, -0.15) is 0 Å². The second kappa shape index (κ2) is 6.02. The highest BCUT2D eigenvalue weighted by Gasteiger charge is 2.37. The van der Waals surface area contributed by atoms with Gasteiger partial charge in [-0.1, -0.05) is 6.42 Å². The van der Waals surface area contributed by atoms with Crippen LogP contribution in [0.15, 0.2) is 0 Å². The molecule has 1 aliphatic heterocycles. The van der Waals surface area contributed by atoms with E-state index >= 15 is 0 Å². The molecule has 0 aromatic rings. The van der Waals surface area contributed by atoms with Crippen molar-refractivity contribution in [3.05, 3.63) is 0 Å². The number of carbonyl (C=O) groups excluding carboxylic acids is 1. The molecule has 0 spiro atoms. The molecule has 0 aromatic carbocycles. The van der Waals surface area contributed by atoms with Crippen molar-refractivity contribution in [3.8, 4) is 0 Å². The molecule has 0 aromatic heterocycles. The zero-order chi connectivity index (χ0) is 13.0. The monoisotopic (exact) mass is 254 g/mol. The third-order valence-corrected chi connectivity index (χ3v) is 4.65. The molecule has 2 N–H and O–H groups in total. The number of ether oxygens (including phenoxy) is 1. The Hall–Kier alpha value is -0.610. The van der Waals surface area contributed by atoms with E-state index in [0.717, 1.165) is 32.6 Å². The Balaban J connectivity index is 1.77. The van der Waals surface area contributed by atoms with E-state index in [2.05, 4.69) is 0 Å². The molecule has 2 fully saturated rings. The summed E-state index contributed by atoms with van der Waals surface area (Å²) in [5.74, 6) is 0.797. The molecular weight excluding hydrogens is 228 g/mol. The first-order valence-electron chi connectivity index (χ1n) is 7.17. The lowest BCUT2D eigenvalue weighted by Gasteiger charge is -2.43. The van der Waals surface area contributed by atoms with Crippen LogP contribution >= 0.6 is 0 Å². The number of hydrogen-bond acceptors (Lipinski definition) is 3. The van der Waals surface area contributed by atoms with E-state index in [1.807, 2.05) is 11.9 Å². The molecule has 0 atom stereocenters. The summed E-state index contributed by atoms with van der Waals surface area (Å²) in [6.07, 6.45) is 6.36. The van der Waals surface area contributed by atoms with Gasteiger partial charge >= 0.3 is 0 Å². The van der Waals surface area contributed by atoms with Crippen LogP contribution in [0.2, 0.25) is 0 Å². The quantitative estimate of drug-likeness (QED) is 0.806. The predicted octanol–water partition coefficient (Wildman–Crippen LogP) is 1.39. The number of nitrogens with zero attached hydrogens (tertiary/aromatic N) is 1. The normalized spacial score (nSPS) is 23.4. The van der Waals surface area contributed by atoms with Crippen molar-refractivity contribution in [1.29, 1.82) is 0 Å². The molecule has 0 unspecified atom stereocenters. The lowest BCUT2D eigenvalue weighted by atomic mass is 9.68. The Kier molecular flexibility index (Phi) is 4.62. The number of rotatable bonds is 5. The van der Waals surface area contributed by atoms with Crippen molar-refractivity contribution in [2.75, 3.05) is 33.4 Å². The third kappa shape index (κ3) is 3.23. The maximum atomic E-state index is 12.2. The topological polar surface area (TPSA) is 55.6 Å². The van der Waals surface area contributed by atoms with Crippen LogP contribution in [0.4, 0.5) is 0 Å². The van der Waals surface area contributed by atoms with E-state index in [9.17, 15) is 4.79 Å². The second-order valence-corrected chi connectivity index (χ2v) is 6.07. The first kappa shape index (κ1) is 13.8. The van der Waals surface area contributed by atoms with Crippen LogP contribution < -0.4 is 5.73 Å². The number of carbonyl (C=O) groups is 1. The second-order valence-electron chi connectivity index (χ2n) is 6.07. The van der Waals surface area contributed by atoms with E-state index in [1.54, 1.807) is 0 Å². The summed E-state index contributed by atoms with van der Waals surface area (Å²) in [4.78, 5) is 14.1. The molecule has 1 saturated heterocycles. The minimum Gasteiger partial charge on any atom is -0.381 e. The van der Waals surface area contributed by atoms with E-state index in [4.69, 9.17) is 10.5 Å². The average molecular weight is 254 g/mol. The summed E-state index contributed by atoms with van der Waals surface area (Å²) in [5, 5.41) is 0. The molecule has 1 amide bonds. The van der Waals surface area contributed by atoms with E-state index in [0.29, 0.717) is 18.9 Å². The highest BCUT2D eigenvalue weighted by molar-refractivity contribution is 5.76. The van der Waals surface area contributed by atoms with Crippen molar-refractivity contribution in [2.45, 2.75) is 38.5 Å². The van der Waals surface area contributed by atoms with Gasteiger partial charge in [0.25, 0.3) is 0 Å². The fourth-order valence-electron chi connectivity index (χ4n) is 3.05. The number of nitrogens with two attached hydrogens (primary N) is 1. The van der Waals surface area contributed by atoms with Gasteiger partial charge in [-0.15, -0.1) is 0 Å². The smallest absolute Gasteiger partial charge is 0.222 e. The molecule has 4 nitrogen and oxygen atoms in total. The van der Waals surface area contributed by atoms with E-state index in [-0.39, 0.29) is 11.3 Å². The Labute approximate surface area is 110 Å². The Morgan fingerprint density at radius 3 is 2.56 bits per heavy atom. The lowest BCUT2D eigenvalue weighted by Crippen LogP contribution is -2.47. The first-order valence-corrected chi connectivity index (χ1v) is 7.17. The Morgan fingerprint density at radius 1 is 1.39 bits per heavy atom. The predicted molar refractivity (Wildman–Crippen MR) is 71.1 cm³/mol. The highest BCUT2D eigenvalue weighted by atomic mass is 16.5. The van der Waals surface area contributed by atoms with Gasteiger partial charge in [0, 0.05) is 38.6 Å². The van der Waals surface area contributed by atoms with Gasteiger partial charge in [0.15, 0.2) is 0 Å². The largest absolute Gasteiger partial charge is 0.381 e. The summed E-state index contributed by atoms with van der Waals surface area (Å²) >= 11 is 0. The van der Waals surface area contributed by atoms with Crippen molar-refractivity contribution in [2.24, 2.45) is 17.1 Å². The fourth-order valence-corrected chi connectivity index (χ4v) is 3.05. The summed E-state index contributed by atoms with van der Waals surface area (Å²) < 4.78 is 5.32. The molecule has 18 heavy (non-hydrogen) atoms. The summed E-state index contributed by atoms with van der Waals surface area (Å²) in [6.45, 7) is 3.18. The SMILES string of the molecule is CN(CC1(CN)CCC1)C(=O)CC1CCOCC1. The third-order valence-electron chi connectivity index (χ3n) is 4.65. The van der Waals surface area contributed by atoms with Crippen LogP contribution in [0.25, 0.3) is 0 Å². The molecule has 0 radical (unpaired) electrons. The molecule has 104 valence electrons. The van der Waals surface area contributed by atoms with E-state index < -0.39 is 0 Å². The fraction of sp³-hybridized carbons (Fsp3) is 0.929. The van der Waals surface area contributed by atoms with Crippen molar-refractivity contribution in [3.63, 3.8) is 0 Å². The van der Waals surface area contributed by atoms with Crippen LogP contribution in [-0.2, 0) is 9.53 Å². The molecular formula is C14H26N2O2. The standard InChI is InChI=1S/C14H26N2O2/c1-16(11-14(10-15)5-2-6-14)13(17)9-12-3-7-18-8-4-12/h12H,2-11,15H2,1H3. The number of hydrogen-bond donors (Lipinski definition) is 1. The van der Waals surface area contributed by atoms with E-state index in [1.165, 1.54) is 19.3 Å². The van der Waals surface area contributed by atoms with Crippen molar-refractivity contribution in [1.82, 2.24) is 4.90 Å². The van der Waals surface area contributed by atoms with Crippen molar-refractivity contribution < 1.29 is 9.53 Å². The first-order chi connectivity index (χ1) is 8.65. The van der Waals surface area contributed by atoms with Gasteiger partial charge in [-0.05, 0) is 38.1 Å². The Morgan fingerprint density at radius 2 is 2.06 bits per heavy atom. The zero-order valence-electron chi connectivity index (χ0n) is 11.5. The van der Waals surface area contributed by atoms with Gasteiger partial charge in [-0.25, -0.2) is 0 Å². The maximum absolute atomic E-state index is 12.2. The van der Waals surface area contributed by atoms with Crippen molar-refractivity contribution >= 4 is 5.91 Å². The molecule has 4 heteroatoms. The molecule has 2 rings (SSSR count). The molecule has 1 saturated carbocycles. The van der Waals surface area contributed by atoms with Gasteiger partial charge in [0.2, 0.25) is 5.91 Å². The zero-order valence-corrected chi connectivity index (χ0v) is 11.5. The summed E-state index contributed by atoms with van der Waals surface area (Å²) in [7, 11) is 1.93. The van der Waals surface area contributed by atoms with Crippen LogP contribution in [-0.4, -0.2) is 44.2 Å². The van der Waals surface area contributed by atoms with Gasteiger partial charge < -0.3 is 15.4 Å². The van der Waals surface area contributed by atoms with Crippen LogP contribution in [0, 0.1) is 11.3 Å². The van der Waals surface area contributed by atoms with Crippen LogP contribution in [0.5, 0.6) is 0 Å². The summed E-state index contributed by atoms with van der Waals surface area (Å²) in [6, 6.07) is 0. The molecule has 1 aliphatic carbocycles. The van der Waals surface area contributed by atoms with Gasteiger partial charge in [0.05, 0.1) is 0 Å². The molecule has 0 bridgehead atoms. The molecule has 1 heterocycles. The van der Waals surface area contributed by atoms with Gasteiger partial charge in [0.1, 0.15) is 0 Å². The summed E-state index contributed by atoms with van der Waals surface area (Å²) in [5.41, 5.74) is 6.07. The Bertz CT molecular complexity index is 278.